The molecule has 0 unspecified atom stereocenters. The second kappa shape index (κ2) is 8.25. The van der Waals surface area contributed by atoms with Gasteiger partial charge in [-0.1, -0.05) is 39.6 Å². The fourth-order valence-electron chi connectivity index (χ4n) is 2.89. The van der Waals surface area contributed by atoms with Crippen LogP contribution in [0, 0.1) is 0 Å². The van der Waals surface area contributed by atoms with Crippen LogP contribution in [-0.4, -0.2) is 27.0 Å². The highest BCUT2D eigenvalue weighted by Gasteiger charge is 2.19. The maximum Gasteiger partial charge on any atom is 0.238 e. The van der Waals surface area contributed by atoms with Gasteiger partial charge in [-0.15, -0.1) is 5.10 Å². The zero-order chi connectivity index (χ0) is 20.2. The minimum atomic E-state index is -0.403. The van der Waals surface area contributed by atoms with Gasteiger partial charge in [0.25, 0.3) is 0 Å². The minimum absolute atomic E-state index is 0.236. The summed E-state index contributed by atoms with van der Waals surface area (Å²) < 4.78 is 3.71. The van der Waals surface area contributed by atoms with Crippen molar-refractivity contribution in [2.45, 2.75) is 39.4 Å². The molecule has 0 aliphatic rings. The van der Waals surface area contributed by atoms with Crippen LogP contribution in [0.1, 0.15) is 33.4 Å². The number of rotatable bonds is 4. The Hall–Kier alpha value is -2.83. The van der Waals surface area contributed by atoms with E-state index in [0.717, 1.165) is 27.8 Å². The topological polar surface area (TPSA) is 73.5 Å². The summed E-state index contributed by atoms with van der Waals surface area (Å²) in [7, 11) is 8.15. The number of nitrogens with zero attached hydrogens (tertiary/aromatic N) is 5. The van der Waals surface area contributed by atoms with Gasteiger partial charge in [-0.25, -0.2) is 14.5 Å². The summed E-state index contributed by atoms with van der Waals surface area (Å²) in [5.74, 6) is 0.236. The van der Waals surface area contributed by atoms with Crippen molar-refractivity contribution < 1.29 is 0 Å². The molecule has 140 valence electrons. The maximum absolute atomic E-state index is 6.21. The van der Waals surface area contributed by atoms with Crippen LogP contribution in [0.4, 0.5) is 5.95 Å². The fraction of sp³-hybridized carbons (Fsp3) is 0.350. The van der Waals surface area contributed by atoms with E-state index in [-0.39, 0.29) is 5.95 Å². The van der Waals surface area contributed by atoms with Crippen LogP contribution in [0.25, 0.3) is 16.6 Å². The average Bonchev–Trinajstić information content (AvgIpc) is 3.01. The lowest BCUT2D eigenvalue weighted by Gasteiger charge is -2.19. The largest absolute Gasteiger partial charge is 0.367 e. The molecule has 0 saturated heterocycles. The Kier molecular flexibility index (Phi) is 6.26. The van der Waals surface area contributed by atoms with E-state index in [1.807, 2.05) is 69.9 Å². The molecule has 0 spiro atoms. The molecule has 27 heavy (non-hydrogen) atoms. The lowest BCUT2D eigenvalue weighted by Crippen LogP contribution is -2.16. The predicted octanol–water partition coefficient (Wildman–Crippen LogP) is 3.30. The highest BCUT2D eigenvalue weighted by atomic mass is 15.3. The van der Waals surface area contributed by atoms with E-state index < -0.39 is 5.31 Å². The number of aromatic nitrogens is 4. The summed E-state index contributed by atoms with van der Waals surface area (Å²) in [6, 6.07) is 5.98. The highest BCUT2D eigenvalue weighted by molar-refractivity contribution is 6.14. The number of fused-ring (bicyclic) bond motifs is 1. The first-order valence-corrected chi connectivity index (χ1v) is 9.03. The Balaban J connectivity index is 0.00000126. The first kappa shape index (κ1) is 20.5. The van der Waals surface area contributed by atoms with E-state index in [0.29, 0.717) is 6.42 Å². The molecule has 0 bridgehead atoms. The Morgan fingerprint density at radius 2 is 2.00 bits per heavy atom. The SMILES string of the molecule is CC.[B]C(C)(C)Cc1nc(N)nn2ccc(-c3ccc(=NC=C)n(C)c3)c12. The predicted molar refractivity (Wildman–Crippen MR) is 112 cm³/mol. The van der Waals surface area contributed by atoms with Crippen molar-refractivity contribution in [3.63, 3.8) is 0 Å². The minimum Gasteiger partial charge on any atom is -0.367 e. The molecule has 3 aromatic rings. The van der Waals surface area contributed by atoms with Crippen LogP contribution in [0.3, 0.4) is 0 Å². The number of aryl methyl sites for hydroxylation is 1. The zero-order valence-corrected chi connectivity index (χ0v) is 16.8. The summed E-state index contributed by atoms with van der Waals surface area (Å²) in [5, 5.41) is 3.88. The zero-order valence-electron chi connectivity index (χ0n) is 16.8. The summed E-state index contributed by atoms with van der Waals surface area (Å²) in [6.45, 7) is 11.6. The van der Waals surface area contributed by atoms with Gasteiger partial charge in [-0.05, 0) is 24.6 Å². The van der Waals surface area contributed by atoms with Crippen LogP contribution < -0.4 is 11.2 Å². The van der Waals surface area contributed by atoms with Crippen molar-refractivity contribution in [3.05, 3.63) is 54.6 Å². The Morgan fingerprint density at radius 3 is 2.59 bits per heavy atom. The molecular weight excluding hydrogens is 335 g/mol. The molecule has 0 aromatic carbocycles. The highest BCUT2D eigenvalue weighted by Crippen LogP contribution is 2.31. The molecule has 2 radical (unpaired) electrons. The van der Waals surface area contributed by atoms with Crippen molar-refractivity contribution in [1.82, 2.24) is 19.2 Å². The number of pyridine rings is 1. The number of nitrogen functional groups attached to an aromatic ring is 1. The molecule has 3 heterocycles. The second-order valence-corrected chi connectivity index (χ2v) is 6.80. The summed E-state index contributed by atoms with van der Waals surface area (Å²) in [5.41, 5.74) is 10.5. The summed E-state index contributed by atoms with van der Waals surface area (Å²) in [4.78, 5) is 8.67. The van der Waals surface area contributed by atoms with E-state index in [1.54, 1.807) is 4.52 Å². The van der Waals surface area contributed by atoms with E-state index in [9.17, 15) is 0 Å². The third kappa shape index (κ3) is 4.67. The molecular formula is C20H27BN6. The van der Waals surface area contributed by atoms with E-state index >= 15 is 0 Å². The molecule has 0 aliphatic heterocycles. The van der Waals surface area contributed by atoms with Crippen molar-refractivity contribution in [1.29, 1.82) is 0 Å². The Labute approximate surface area is 161 Å². The molecule has 6 nitrogen and oxygen atoms in total. The van der Waals surface area contributed by atoms with Gasteiger partial charge in [0.15, 0.2) is 0 Å². The van der Waals surface area contributed by atoms with Crippen LogP contribution in [0.5, 0.6) is 0 Å². The molecule has 3 rings (SSSR count). The van der Waals surface area contributed by atoms with Gasteiger partial charge in [0.05, 0.1) is 19.1 Å². The van der Waals surface area contributed by atoms with Crippen LogP contribution in [-0.2, 0) is 13.5 Å². The summed E-state index contributed by atoms with van der Waals surface area (Å²) in [6.07, 6.45) is 6.03. The molecule has 0 saturated carbocycles. The van der Waals surface area contributed by atoms with Gasteiger partial charge in [0.1, 0.15) is 5.49 Å². The Morgan fingerprint density at radius 1 is 1.30 bits per heavy atom. The average molecular weight is 362 g/mol. The molecule has 0 aliphatic carbocycles. The number of nitrogens with two attached hydrogens (primary N) is 1. The Bertz CT molecular complexity index is 1010. The van der Waals surface area contributed by atoms with E-state index in [2.05, 4.69) is 21.7 Å². The number of anilines is 1. The van der Waals surface area contributed by atoms with Gasteiger partial charge in [0, 0.05) is 36.8 Å². The van der Waals surface area contributed by atoms with Crippen molar-refractivity contribution >= 4 is 19.3 Å². The number of hydrogen-bond acceptors (Lipinski definition) is 4. The van der Waals surface area contributed by atoms with E-state index in [4.69, 9.17) is 13.6 Å². The van der Waals surface area contributed by atoms with Crippen molar-refractivity contribution in [2.24, 2.45) is 12.0 Å². The molecule has 0 atom stereocenters. The van der Waals surface area contributed by atoms with Crippen LogP contribution in [0.15, 0.2) is 48.4 Å². The van der Waals surface area contributed by atoms with Gasteiger partial charge >= 0.3 is 0 Å². The summed E-state index contributed by atoms with van der Waals surface area (Å²) >= 11 is 0. The first-order chi connectivity index (χ1) is 12.8. The second-order valence-electron chi connectivity index (χ2n) is 6.80. The van der Waals surface area contributed by atoms with Gasteiger partial charge in [0.2, 0.25) is 5.95 Å². The quantitative estimate of drug-likeness (QED) is 0.724. The van der Waals surface area contributed by atoms with Crippen LogP contribution in [0.2, 0.25) is 5.31 Å². The first-order valence-electron chi connectivity index (χ1n) is 9.03. The number of hydrogen-bond donors (Lipinski definition) is 1. The molecule has 7 heteroatoms. The molecule has 3 aromatic heterocycles. The van der Waals surface area contributed by atoms with Gasteiger partial charge in [-0.3, -0.25) is 0 Å². The molecule has 2 N–H and O–H groups in total. The van der Waals surface area contributed by atoms with Crippen LogP contribution >= 0.6 is 0 Å². The standard InChI is InChI=1S/C18H21BN6.C2H6/c1-5-21-15-7-6-12(11-24(15)4)13-8-9-25-16(13)14(10-18(2,3)19)22-17(20)23-25;1-2/h5-9,11H,1,10H2,2-4H3,(H2,20,23);1-2H3. The molecule has 0 amide bonds. The van der Waals surface area contributed by atoms with E-state index in [1.165, 1.54) is 6.20 Å². The monoisotopic (exact) mass is 362 g/mol. The normalized spacial score (nSPS) is 12.0. The fourth-order valence-corrected chi connectivity index (χ4v) is 2.89. The van der Waals surface area contributed by atoms with Gasteiger partial charge < -0.3 is 10.3 Å². The smallest absolute Gasteiger partial charge is 0.238 e. The third-order valence-electron chi connectivity index (χ3n) is 3.86. The lowest BCUT2D eigenvalue weighted by molar-refractivity contribution is 0.661. The van der Waals surface area contributed by atoms with Crippen molar-refractivity contribution in [2.75, 3.05) is 5.73 Å². The maximum atomic E-state index is 6.21. The van der Waals surface area contributed by atoms with Gasteiger partial charge in [-0.2, -0.15) is 0 Å². The molecule has 0 fully saturated rings. The lowest BCUT2D eigenvalue weighted by atomic mass is 9.69. The van der Waals surface area contributed by atoms with Crippen molar-refractivity contribution in [3.8, 4) is 11.1 Å². The third-order valence-corrected chi connectivity index (χ3v) is 3.86.